The van der Waals surface area contributed by atoms with E-state index in [9.17, 15) is 19.2 Å². The lowest BCUT2D eigenvalue weighted by Gasteiger charge is -2.34. The highest BCUT2D eigenvalue weighted by Crippen LogP contribution is 2.33. The van der Waals surface area contributed by atoms with E-state index in [0.717, 1.165) is 43.8 Å². The molecule has 1 aromatic carbocycles. The van der Waals surface area contributed by atoms with E-state index in [-0.39, 0.29) is 36.5 Å². The van der Waals surface area contributed by atoms with Gasteiger partial charge >= 0.3 is 5.92 Å². The molecule has 0 unspecified atom stereocenters. The summed E-state index contributed by atoms with van der Waals surface area (Å²) in [6.45, 7) is 6.51. The van der Waals surface area contributed by atoms with Gasteiger partial charge in [0.15, 0.2) is 0 Å². The number of nitrogens with zero attached hydrogens (tertiary/aromatic N) is 3. The van der Waals surface area contributed by atoms with Crippen LogP contribution in [0.5, 0.6) is 5.88 Å². The van der Waals surface area contributed by atoms with Crippen molar-refractivity contribution in [3.05, 3.63) is 53.7 Å². The summed E-state index contributed by atoms with van der Waals surface area (Å²) in [4.78, 5) is 59.8. The van der Waals surface area contributed by atoms with Crippen LogP contribution < -0.4 is 20.7 Å². The van der Waals surface area contributed by atoms with E-state index in [1.165, 1.54) is 13.2 Å². The molecule has 1 saturated heterocycles. The summed E-state index contributed by atoms with van der Waals surface area (Å²) in [5.74, 6) is -6.20. The number of anilines is 1. The topological polar surface area (TPSA) is 133 Å². The molecule has 2 atom stereocenters. The number of nitrogens with one attached hydrogen (secondary N) is 3. The SMILES string of the molecule is CCC(=O)N[C@H](Cc1ccc(NC(=O)[C@@H](NC(=O)C(F)(F)c2ccc(OC)nc2)C2CCC(C)CC2)cc1)C(=O)N1CCN(C)CC1. The van der Waals surface area contributed by atoms with Crippen molar-refractivity contribution in [3.63, 3.8) is 0 Å². The average molecular weight is 657 g/mol. The minimum Gasteiger partial charge on any atom is -0.481 e. The number of likely N-dealkylation sites (N-methyl/N-ethyl adjacent to an activating group) is 1. The zero-order valence-electron chi connectivity index (χ0n) is 27.6. The van der Waals surface area contributed by atoms with Crippen LogP contribution >= 0.6 is 0 Å². The second-order valence-electron chi connectivity index (χ2n) is 12.6. The second kappa shape index (κ2) is 16.1. The molecule has 1 saturated carbocycles. The summed E-state index contributed by atoms with van der Waals surface area (Å²) in [7, 11) is 3.36. The third-order valence-electron chi connectivity index (χ3n) is 9.12. The van der Waals surface area contributed by atoms with E-state index in [1.54, 1.807) is 36.1 Å². The number of benzene rings is 1. The molecule has 0 spiro atoms. The van der Waals surface area contributed by atoms with Crippen LogP contribution in [-0.2, 0) is 31.5 Å². The lowest BCUT2D eigenvalue weighted by molar-refractivity contribution is -0.149. The van der Waals surface area contributed by atoms with Crippen molar-refractivity contribution in [2.24, 2.45) is 11.8 Å². The number of hydrogen-bond donors (Lipinski definition) is 3. The van der Waals surface area contributed by atoms with Gasteiger partial charge in [-0.3, -0.25) is 19.2 Å². The highest BCUT2D eigenvalue weighted by molar-refractivity contribution is 5.98. The lowest BCUT2D eigenvalue weighted by Crippen LogP contribution is -2.54. The Morgan fingerprint density at radius 3 is 2.21 bits per heavy atom. The van der Waals surface area contributed by atoms with Crippen LogP contribution in [0.2, 0.25) is 0 Å². The van der Waals surface area contributed by atoms with Crippen molar-refractivity contribution < 1.29 is 32.7 Å². The highest BCUT2D eigenvalue weighted by Gasteiger charge is 2.44. The van der Waals surface area contributed by atoms with Crippen LogP contribution in [0.4, 0.5) is 14.5 Å². The third-order valence-corrected chi connectivity index (χ3v) is 9.12. The number of methoxy groups -OCH3 is 1. The number of hydrogen-bond acceptors (Lipinski definition) is 7. The minimum atomic E-state index is -3.92. The number of rotatable bonds is 12. The maximum absolute atomic E-state index is 15.2. The summed E-state index contributed by atoms with van der Waals surface area (Å²) in [5, 5.41) is 7.98. The van der Waals surface area contributed by atoms with Crippen LogP contribution in [0, 0.1) is 11.8 Å². The Morgan fingerprint density at radius 1 is 0.979 bits per heavy atom. The molecule has 13 heteroatoms. The van der Waals surface area contributed by atoms with E-state index in [0.29, 0.717) is 37.5 Å². The molecule has 4 amide bonds. The average Bonchev–Trinajstić information content (AvgIpc) is 3.08. The van der Waals surface area contributed by atoms with Crippen LogP contribution in [0.15, 0.2) is 42.6 Å². The number of piperazine rings is 1. The Labute approximate surface area is 274 Å². The molecule has 47 heavy (non-hydrogen) atoms. The van der Waals surface area contributed by atoms with Crippen molar-refractivity contribution in [2.75, 3.05) is 45.7 Å². The van der Waals surface area contributed by atoms with Crippen molar-refractivity contribution in [3.8, 4) is 5.88 Å². The van der Waals surface area contributed by atoms with Crippen molar-refractivity contribution in [1.82, 2.24) is 25.4 Å². The van der Waals surface area contributed by atoms with Gasteiger partial charge in [0.2, 0.25) is 23.6 Å². The van der Waals surface area contributed by atoms with Gasteiger partial charge in [-0.1, -0.05) is 38.8 Å². The first-order chi connectivity index (χ1) is 22.4. The number of carbonyl (C=O) groups excluding carboxylic acids is 4. The second-order valence-corrected chi connectivity index (χ2v) is 12.6. The van der Waals surface area contributed by atoms with Crippen LogP contribution in [0.1, 0.15) is 57.1 Å². The van der Waals surface area contributed by atoms with Gasteiger partial charge < -0.3 is 30.5 Å². The molecule has 0 radical (unpaired) electrons. The number of aromatic nitrogens is 1. The van der Waals surface area contributed by atoms with E-state index in [1.807, 2.05) is 7.05 Å². The summed E-state index contributed by atoms with van der Waals surface area (Å²) >= 11 is 0. The van der Waals surface area contributed by atoms with Gasteiger partial charge in [-0.15, -0.1) is 0 Å². The molecule has 2 aromatic rings. The largest absolute Gasteiger partial charge is 0.481 e. The van der Waals surface area contributed by atoms with E-state index in [2.05, 4.69) is 32.8 Å². The molecule has 4 rings (SSSR count). The van der Waals surface area contributed by atoms with Crippen molar-refractivity contribution in [2.45, 2.75) is 70.4 Å². The maximum Gasteiger partial charge on any atom is 0.351 e. The fourth-order valence-corrected chi connectivity index (χ4v) is 5.99. The summed E-state index contributed by atoms with van der Waals surface area (Å²) in [6, 6.07) is 7.22. The first-order valence-corrected chi connectivity index (χ1v) is 16.3. The predicted octanol–water partition coefficient (Wildman–Crippen LogP) is 3.34. The predicted molar refractivity (Wildman–Crippen MR) is 173 cm³/mol. The van der Waals surface area contributed by atoms with E-state index >= 15 is 8.78 Å². The number of ether oxygens (including phenoxy) is 1. The van der Waals surface area contributed by atoms with Gasteiger partial charge in [-0.25, -0.2) is 4.98 Å². The monoisotopic (exact) mass is 656 g/mol. The molecular formula is C34H46F2N6O5. The molecule has 2 heterocycles. The standard InChI is InChI=1S/C34H46F2N6O5/c1-5-28(43)39-27(32(45)42-18-16-41(3)17-19-42)20-23-8-13-26(14-9-23)38-31(44)30(24-10-6-22(2)7-11-24)40-33(46)34(35,36)25-12-15-29(47-4)37-21-25/h8-9,12-15,21-22,24,27,30H,5-7,10-11,16-20H2,1-4H3,(H,38,44)(H,39,43)(H,40,46)/t22?,24?,27-,30+/m1/s1. The molecule has 1 aliphatic carbocycles. The number of carbonyl (C=O) groups is 4. The Balaban J connectivity index is 1.46. The quantitative estimate of drug-likeness (QED) is 0.319. The Hall–Kier alpha value is -4.13. The van der Waals surface area contributed by atoms with Crippen molar-refractivity contribution >= 4 is 29.3 Å². The van der Waals surface area contributed by atoms with Gasteiger partial charge in [0.25, 0.3) is 5.91 Å². The number of pyridine rings is 1. The zero-order valence-corrected chi connectivity index (χ0v) is 27.6. The Bertz CT molecular complexity index is 1370. The Kier molecular flexibility index (Phi) is 12.3. The van der Waals surface area contributed by atoms with E-state index in [4.69, 9.17) is 4.74 Å². The summed E-state index contributed by atoms with van der Waals surface area (Å²) in [6.07, 6.45) is 4.26. The lowest BCUT2D eigenvalue weighted by atomic mass is 9.79. The van der Waals surface area contributed by atoms with Crippen LogP contribution in [0.3, 0.4) is 0 Å². The van der Waals surface area contributed by atoms with E-state index < -0.39 is 35.4 Å². The molecule has 256 valence electrons. The normalized spacial score (nSPS) is 20.1. The molecule has 3 N–H and O–H groups in total. The van der Waals surface area contributed by atoms with Gasteiger partial charge in [-0.05, 0) is 55.5 Å². The zero-order chi connectivity index (χ0) is 34.1. The molecule has 1 aliphatic heterocycles. The third kappa shape index (κ3) is 9.46. The number of halogens is 2. The smallest absolute Gasteiger partial charge is 0.351 e. The fraction of sp³-hybridized carbons (Fsp3) is 0.559. The summed E-state index contributed by atoms with van der Waals surface area (Å²) in [5.41, 5.74) is 0.570. The minimum absolute atomic E-state index is 0.132. The van der Waals surface area contributed by atoms with Crippen LogP contribution in [-0.4, -0.2) is 90.8 Å². The molecule has 11 nitrogen and oxygen atoms in total. The first kappa shape index (κ1) is 35.7. The van der Waals surface area contributed by atoms with Gasteiger partial charge in [0, 0.05) is 62.5 Å². The maximum atomic E-state index is 15.2. The Morgan fingerprint density at radius 2 is 1.64 bits per heavy atom. The van der Waals surface area contributed by atoms with Gasteiger partial charge in [0.05, 0.1) is 7.11 Å². The highest BCUT2D eigenvalue weighted by atomic mass is 19.3. The molecular weight excluding hydrogens is 610 g/mol. The molecule has 2 aliphatic rings. The first-order valence-electron chi connectivity index (χ1n) is 16.3. The number of amides is 4. The molecule has 0 bridgehead atoms. The van der Waals surface area contributed by atoms with Gasteiger partial charge in [0.1, 0.15) is 12.1 Å². The number of alkyl halides is 2. The molecule has 2 fully saturated rings. The summed E-state index contributed by atoms with van der Waals surface area (Å²) < 4.78 is 35.4. The van der Waals surface area contributed by atoms with Crippen molar-refractivity contribution in [1.29, 1.82) is 0 Å². The van der Waals surface area contributed by atoms with Crippen LogP contribution in [0.25, 0.3) is 0 Å². The van der Waals surface area contributed by atoms with Gasteiger partial charge in [-0.2, -0.15) is 8.78 Å². The fourth-order valence-electron chi connectivity index (χ4n) is 5.99. The molecule has 1 aromatic heterocycles.